The van der Waals surface area contributed by atoms with Crippen LogP contribution < -0.4 is 0 Å². The second-order valence-electron chi connectivity index (χ2n) is 7.75. The first kappa shape index (κ1) is 21.1. The van der Waals surface area contributed by atoms with Gasteiger partial charge in [-0.05, 0) is 41.8 Å². The molecular formula is C25H22N6OS. The predicted molar refractivity (Wildman–Crippen MR) is 128 cm³/mol. The van der Waals surface area contributed by atoms with Crippen LogP contribution in [0.4, 0.5) is 0 Å². The van der Waals surface area contributed by atoms with Crippen molar-refractivity contribution in [1.82, 2.24) is 29.9 Å². The molecule has 3 heterocycles. The molecule has 0 aliphatic carbocycles. The normalized spacial score (nSPS) is 11.2. The van der Waals surface area contributed by atoms with Crippen molar-refractivity contribution in [3.63, 3.8) is 0 Å². The summed E-state index contributed by atoms with van der Waals surface area (Å²) in [6.45, 7) is 4.37. The Morgan fingerprint density at radius 3 is 2.42 bits per heavy atom. The Morgan fingerprint density at radius 2 is 1.64 bits per heavy atom. The highest BCUT2D eigenvalue weighted by Gasteiger charge is 2.20. The molecular weight excluding hydrogens is 432 g/mol. The highest BCUT2D eigenvalue weighted by Crippen LogP contribution is 2.33. The zero-order valence-corrected chi connectivity index (χ0v) is 19.1. The second-order valence-corrected chi connectivity index (χ2v) is 8.69. The number of thioether (sulfide) groups is 1. The standard InChI is InChI=1S/C25H22N6OS/c1-17(2)20-12-6-7-13-21(20)31-23(19-11-8-14-26-15-19)28-30-25(31)33-16-22-27-29-24(32-22)18-9-4-3-5-10-18/h3-15,17H,16H2,1-2H3. The van der Waals surface area contributed by atoms with Crippen molar-refractivity contribution in [3.05, 3.63) is 90.6 Å². The van der Waals surface area contributed by atoms with Gasteiger partial charge in [-0.15, -0.1) is 20.4 Å². The maximum absolute atomic E-state index is 5.88. The van der Waals surface area contributed by atoms with Gasteiger partial charge in [0.05, 0.1) is 11.4 Å². The van der Waals surface area contributed by atoms with Gasteiger partial charge in [0.2, 0.25) is 11.8 Å². The molecule has 0 N–H and O–H groups in total. The molecule has 0 amide bonds. The molecule has 33 heavy (non-hydrogen) atoms. The van der Waals surface area contributed by atoms with E-state index in [9.17, 15) is 0 Å². The van der Waals surface area contributed by atoms with Gasteiger partial charge in [-0.2, -0.15) is 0 Å². The van der Waals surface area contributed by atoms with E-state index in [1.54, 1.807) is 12.4 Å². The average molecular weight is 455 g/mol. The zero-order chi connectivity index (χ0) is 22.6. The van der Waals surface area contributed by atoms with Gasteiger partial charge in [0.15, 0.2) is 11.0 Å². The lowest BCUT2D eigenvalue weighted by molar-refractivity contribution is 0.528. The van der Waals surface area contributed by atoms with Crippen molar-refractivity contribution >= 4 is 11.8 Å². The average Bonchev–Trinajstić information content (AvgIpc) is 3.51. The Morgan fingerprint density at radius 1 is 0.848 bits per heavy atom. The summed E-state index contributed by atoms with van der Waals surface area (Å²) in [5.41, 5.74) is 4.07. The molecule has 0 bridgehead atoms. The number of rotatable bonds is 7. The Labute approximate surface area is 195 Å². The number of hydrogen-bond acceptors (Lipinski definition) is 7. The first-order valence-corrected chi connectivity index (χ1v) is 11.6. The number of pyridine rings is 1. The third kappa shape index (κ3) is 4.42. The summed E-state index contributed by atoms with van der Waals surface area (Å²) in [5.74, 6) is 2.61. The SMILES string of the molecule is CC(C)c1ccccc1-n1c(SCc2nnc(-c3ccccc3)o2)nnc1-c1cccnc1. The molecule has 0 radical (unpaired) electrons. The minimum atomic E-state index is 0.340. The lowest BCUT2D eigenvalue weighted by Gasteiger charge is -2.16. The third-order valence-corrected chi connectivity index (χ3v) is 6.08. The molecule has 0 unspecified atom stereocenters. The molecule has 0 aliphatic rings. The number of benzene rings is 2. The summed E-state index contributed by atoms with van der Waals surface area (Å²) in [5, 5.41) is 18.2. The zero-order valence-electron chi connectivity index (χ0n) is 18.3. The smallest absolute Gasteiger partial charge is 0.247 e. The number of aromatic nitrogens is 6. The Kier molecular flexibility index (Phi) is 5.99. The van der Waals surface area contributed by atoms with Crippen molar-refractivity contribution in [3.8, 4) is 28.5 Å². The fourth-order valence-electron chi connectivity index (χ4n) is 3.58. The van der Waals surface area contributed by atoms with E-state index in [0.717, 1.165) is 27.8 Å². The molecule has 0 atom stereocenters. The van der Waals surface area contributed by atoms with Crippen molar-refractivity contribution in [1.29, 1.82) is 0 Å². The van der Waals surface area contributed by atoms with Crippen LogP contribution >= 0.6 is 11.8 Å². The summed E-state index contributed by atoms with van der Waals surface area (Å²) >= 11 is 1.51. The largest absolute Gasteiger partial charge is 0.420 e. The monoisotopic (exact) mass is 454 g/mol. The minimum absolute atomic E-state index is 0.340. The maximum atomic E-state index is 5.88. The van der Waals surface area contributed by atoms with Gasteiger partial charge in [0, 0.05) is 23.5 Å². The van der Waals surface area contributed by atoms with E-state index in [1.807, 2.05) is 48.5 Å². The van der Waals surface area contributed by atoms with E-state index >= 15 is 0 Å². The lowest BCUT2D eigenvalue weighted by atomic mass is 10.0. The number of hydrogen-bond donors (Lipinski definition) is 0. The first-order valence-electron chi connectivity index (χ1n) is 10.7. The highest BCUT2D eigenvalue weighted by atomic mass is 32.2. The summed E-state index contributed by atoms with van der Waals surface area (Å²) in [4.78, 5) is 4.27. The van der Waals surface area contributed by atoms with Crippen LogP contribution in [0.15, 0.2) is 88.7 Å². The van der Waals surface area contributed by atoms with E-state index < -0.39 is 0 Å². The van der Waals surface area contributed by atoms with Crippen LogP contribution in [0, 0.1) is 0 Å². The van der Waals surface area contributed by atoms with E-state index in [2.05, 4.69) is 62.0 Å². The van der Waals surface area contributed by atoms with Gasteiger partial charge in [-0.25, -0.2) is 0 Å². The van der Waals surface area contributed by atoms with Crippen molar-refractivity contribution in [2.75, 3.05) is 0 Å². The topological polar surface area (TPSA) is 82.5 Å². The van der Waals surface area contributed by atoms with Crippen molar-refractivity contribution in [2.45, 2.75) is 30.7 Å². The molecule has 0 saturated heterocycles. The van der Waals surface area contributed by atoms with E-state index in [1.165, 1.54) is 17.3 Å². The van der Waals surface area contributed by atoms with Crippen LogP contribution in [0.5, 0.6) is 0 Å². The van der Waals surface area contributed by atoms with Gasteiger partial charge in [-0.1, -0.05) is 62.0 Å². The summed E-state index contributed by atoms with van der Waals surface area (Å²) in [7, 11) is 0. The van der Waals surface area contributed by atoms with Crippen molar-refractivity contribution < 1.29 is 4.42 Å². The third-order valence-electron chi connectivity index (χ3n) is 5.17. The fraction of sp³-hybridized carbons (Fsp3) is 0.160. The minimum Gasteiger partial charge on any atom is -0.420 e. The van der Waals surface area contributed by atoms with Crippen LogP contribution in [-0.4, -0.2) is 29.9 Å². The van der Waals surface area contributed by atoms with E-state index in [4.69, 9.17) is 4.42 Å². The molecule has 0 aliphatic heterocycles. The molecule has 5 rings (SSSR count). The molecule has 0 fully saturated rings. The summed E-state index contributed by atoms with van der Waals surface area (Å²) in [6, 6.07) is 22.0. The summed E-state index contributed by atoms with van der Waals surface area (Å²) < 4.78 is 7.97. The number of para-hydroxylation sites is 1. The predicted octanol–water partition coefficient (Wildman–Crippen LogP) is 5.80. The molecule has 0 spiro atoms. The molecule has 7 nitrogen and oxygen atoms in total. The Hall–Kier alpha value is -3.78. The van der Waals surface area contributed by atoms with Gasteiger partial charge in [-0.3, -0.25) is 9.55 Å². The van der Waals surface area contributed by atoms with E-state index in [0.29, 0.717) is 23.5 Å². The van der Waals surface area contributed by atoms with Crippen LogP contribution in [0.3, 0.4) is 0 Å². The second kappa shape index (κ2) is 9.38. The van der Waals surface area contributed by atoms with Crippen LogP contribution in [0.2, 0.25) is 0 Å². The molecule has 5 aromatic rings. The maximum Gasteiger partial charge on any atom is 0.247 e. The first-order chi connectivity index (χ1) is 16.2. The van der Waals surface area contributed by atoms with Gasteiger partial charge in [0.25, 0.3) is 0 Å². The highest BCUT2D eigenvalue weighted by molar-refractivity contribution is 7.98. The Balaban J connectivity index is 1.50. The van der Waals surface area contributed by atoms with Crippen LogP contribution in [0.25, 0.3) is 28.5 Å². The molecule has 2 aromatic carbocycles. The summed E-state index contributed by atoms with van der Waals surface area (Å²) in [6.07, 6.45) is 3.55. The van der Waals surface area contributed by atoms with E-state index in [-0.39, 0.29) is 0 Å². The van der Waals surface area contributed by atoms with Gasteiger partial charge >= 0.3 is 0 Å². The van der Waals surface area contributed by atoms with Gasteiger partial charge < -0.3 is 4.42 Å². The van der Waals surface area contributed by atoms with Crippen molar-refractivity contribution in [2.24, 2.45) is 0 Å². The molecule has 8 heteroatoms. The van der Waals surface area contributed by atoms with Gasteiger partial charge in [0.1, 0.15) is 0 Å². The lowest BCUT2D eigenvalue weighted by Crippen LogP contribution is -2.05. The van der Waals surface area contributed by atoms with Crippen LogP contribution in [0.1, 0.15) is 31.2 Å². The quantitative estimate of drug-likeness (QED) is 0.288. The molecule has 164 valence electrons. The number of nitrogens with zero attached hydrogens (tertiary/aromatic N) is 6. The Bertz CT molecular complexity index is 1350. The molecule has 0 saturated carbocycles. The van der Waals surface area contributed by atoms with Crippen LogP contribution in [-0.2, 0) is 5.75 Å². The fourth-order valence-corrected chi connectivity index (χ4v) is 4.36. The molecule has 3 aromatic heterocycles.